The standard InChI is InChI=1S/C43H48FN5O5/c1-43(2,3)54-42(51)49-25-21-32(22-26-49)41(50)48-23-19-31(20-24-48)33-15-16-34-38(46-47(4)39(34)37(33)44)35-17-18-36(52-27-29-11-7-5-8-12-29)45-40(35)53-28-30-13-9-6-10-14-30/h5-18,31-32H,19-28H2,1-4H3. The van der Waals surface area contributed by atoms with Gasteiger partial charge in [0.1, 0.15) is 30.0 Å². The number of fused-ring (bicyclic) bond motifs is 1. The molecule has 0 N–H and O–H groups in total. The number of piperidine rings is 2. The fraction of sp³-hybridized carbons (Fsp3) is 0.395. The molecule has 0 aliphatic carbocycles. The van der Waals surface area contributed by atoms with Gasteiger partial charge in [0, 0.05) is 50.6 Å². The maximum absolute atomic E-state index is 16.5. The molecule has 10 nitrogen and oxygen atoms in total. The number of hydrogen-bond donors (Lipinski definition) is 0. The van der Waals surface area contributed by atoms with E-state index in [1.807, 2.05) is 105 Å². The Morgan fingerprint density at radius 2 is 1.39 bits per heavy atom. The fourth-order valence-corrected chi connectivity index (χ4v) is 7.41. The van der Waals surface area contributed by atoms with Crippen LogP contribution in [0.3, 0.4) is 0 Å². The lowest BCUT2D eigenvalue weighted by Gasteiger charge is -2.37. The predicted octanol–water partition coefficient (Wildman–Crippen LogP) is 8.29. The van der Waals surface area contributed by atoms with Crippen molar-refractivity contribution in [1.82, 2.24) is 24.6 Å². The van der Waals surface area contributed by atoms with Crippen LogP contribution in [0, 0.1) is 11.7 Å². The Labute approximate surface area is 315 Å². The average molecular weight is 734 g/mol. The molecule has 7 rings (SSSR count). The van der Waals surface area contributed by atoms with Crippen molar-refractivity contribution in [3.05, 3.63) is 107 Å². The molecule has 2 aliphatic rings. The van der Waals surface area contributed by atoms with Gasteiger partial charge in [-0.3, -0.25) is 9.48 Å². The Morgan fingerprint density at radius 3 is 2.02 bits per heavy atom. The molecule has 0 saturated carbocycles. The number of rotatable bonds is 9. The first kappa shape index (κ1) is 36.9. The van der Waals surface area contributed by atoms with Gasteiger partial charge < -0.3 is 24.0 Å². The van der Waals surface area contributed by atoms with Gasteiger partial charge in [0.05, 0.1) is 5.56 Å². The van der Waals surface area contributed by atoms with Crippen LogP contribution in [0.4, 0.5) is 9.18 Å². The summed E-state index contributed by atoms with van der Waals surface area (Å²) in [4.78, 5) is 34.3. The average Bonchev–Trinajstić information content (AvgIpc) is 3.52. The molecule has 2 amide bonds. The zero-order valence-corrected chi connectivity index (χ0v) is 31.5. The van der Waals surface area contributed by atoms with E-state index < -0.39 is 5.60 Å². The number of benzene rings is 3. The summed E-state index contributed by atoms with van der Waals surface area (Å²) in [5.41, 5.74) is 3.71. The molecular formula is C43H48FN5O5. The van der Waals surface area contributed by atoms with Crippen LogP contribution in [0.2, 0.25) is 0 Å². The van der Waals surface area contributed by atoms with E-state index in [0.29, 0.717) is 105 Å². The van der Waals surface area contributed by atoms with Crippen molar-refractivity contribution >= 4 is 22.9 Å². The van der Waals surface area contributed by atoms with Crippen molar-refractivity contribution < 1.29 is 28.2 Å². The van der Waals surface area contributed by atoms with E-state index in [1.165, 1.54) is 0 Å². The van der Waals surface area contributed by atoms with Crippen molar-refractivity contribution in [1.29, 1.82) is 0 Å². The highest BCUT2D eigenvalue weighted by Crippen LogP contribution is 2.39. The number of ether oxygens (including phenoxy) is 3. The van der Waals surface area contributed by atoms with E-state index in [2.05, 4.69) is 0 Å². The second-order valence-corrected chi connectivity index (χ2v) is 15.2. The molecule has 4 heterocycles. The Balaban J connectivity index is 1.05. The molecule has 282 valence electrons. The molecule has 2 aromatic heterocycles. The second kappa shape index (κ2) is 15.9. The molecule has 2 saturated heterocycles. The van der Waals surface area contributed by atoms with Gasteiger partial charge in [-0.15, -0.1) is 0 Å². The first-order valence-corrected chi connectivity index (χ1v) is 18.8. The van der Waals surface area contributed by atoms with Crippen LogP contribution in [-0.4, -0.2) is 68.3 Å². The Morgan fingerprint density at radius 1 is 0.778 bits per heavy atom. The van der Waals surface area contributed by atoms with Gasteiger partial charge in [0.15, 0.2) is 5.82 Å². The number of halogens is 1. The summed E-state index contributed by atoms with van der Waals surface area (Å²) in [7, 11) is 1.75. The van der Waals surface area contributed by atoms with Gasteiger partial charge in [-0.25, -0.2) is 9.18 Å². The molecule has 0 spiro atoms. The molecule has 5 aromatic rings. The minimum Gasteiger partial charge on any atom is -0.473 e. The summed E-state index contributed by atoms with van der Waals surface area (Å²) in [6.07, 6.45) is 2.24. The van der Waals surface area contributed by atoms with Crippen LogP contribution < -0.4 is 9.47 Å². The number of nitrogens with zero attached hydrogens (tertiary/aromatic N) is 5. The lowest BCUT2D eigenvalue weighted by Crippen LogP contribution is -2.47. The molecule has 54 heavy (non-hydrogen) atoms. The van der Waals surface area contributed by atoms with Crippen molar-refractivity contribution in [2.24, 2.45) is 13.0 Å². The molecule has 2 aliphatic heterocycles. The molecule has 0 atom stereocenters. The second-order valence-electron chi connectivity index (χ2n) is 15.2. The number of aromatic nitrogens is 3. The highest BCUT2D eigenvalue weighted by atomic mass is 19.1. The number of amides is 2. The first-order chi connectivity index (χ1) is 26.0. The lowest BCUT2D eigenvalue weighted by molar-refractivity contribution is -0.138. The normalized spacial score (nSPS) is 15.7. The highest BCUT2D eigenvalue weighted by Gasteiger charge is 2.34. The van der Waals surface area contributed by atoms with E-state index in [9.17, 15) is 9.59 Å². The van der Waals surface area contributed by atoms with Crippen molar-refractivity contribution in [2.75, 3.05) is 26.2 Å². The van der Waals surface area contributed by atoms with Crippen LogP contribution >= 0.6 is 0 Å². The Bertz CT molecular complexity index is 2080. The van der Waals surface area contributed by atoms with Crippen molar-refractivity contribution in [2.45, 2.75) is 71.2 Å². The Hall–Kier alpha value is -5.45. The van der Waals surface area contributed by atoms with Crippen molar-refractivity contribution in [3.8, 4) is 23.0 Å². The summed E-state index contributed by atoms with van der Waals surface area (Å²) in [5.74, 6) is 0.437. The van der Waals surface area contributed by atoms with Crippen LogP contribution in [0.15, 0.2) is 84.9 Å². The highest BCUT2D eigenvalue weighted by molar-refractivity contribution is 5.95. The van der Waals surface area contributed by atoms with E-state index >= 15 is 4.39 Å². The van der Waals surface area contributed by atoms with Crippen molar-refractivity contribution in [3.63, 3.8) is 0 Å². The molecule has 11 heteroatoms. The molecule has 0 bridgehead atoms. The topological polar surface area (TPSA) is 99.0 Å². The minimum absolute atomic E-state index is 0.0294. The third kappa shape index (κ3) is 8.35. The molecular weight excluding hydrogens is 686 g/mol. The zero-order chi connectivity index (χ0) is 37.8. The number of aryl methyl sites for hydroxylation is 1. The third-order valence-electron chi connectivity index (χ3n) is 10.3. The molecule has 0 radical (unpaired) electrons. The number of carbonyl (C=O) groups excluding carboxylic acids is 2. The van der Waals surface area contributed by atoms with E-state index in [1.54, 1.807) is 22.7 Å². The number of hydrogen-bond acceptors (Lipinski definition) is 7. The molecule has 0 unspecified atom stereocenters. The summed E-state index contributed by atoms with van der Waals surface area (Å²) >= 11 is 0. The maximum Gasteiger partial charge on any atom is 0.410 e. The summed E-state index contributed by atoms with van der Waals surface area (Å²) in [5, 5.41) is 5.46. The Kier molecular flexibility index (Phi) is 10.8. The van der Waals surface area contributed by atoms with Gasteiger partial charge >= 0.3 is 6.09 Å². The van der Waals surface area contributed by atoms with Gasteiger partial charge in [-0.05, 0) is 75.1 Å². The first-order valence-electron chi connectivity index (χ1n) is 18.8. The van der Waals surface area contributed by atoms with Crippen LogP contribution in [0.1, 0.15) is 69.1 Å². The zero-order valence-electron chi connectivity index (χ0n) is 31.5. The van der Waals surface area contributed by atoms with E-state index in [4.69, 9.17) is 24.3 Å². The fourth-order valence-electron chi connectivity index (χ4n) is 7.41. The van der Waals surface area contributed by atoms with Gasteiger partial charge in [0.25, 0.3) is 0 Å². The van der Waals surface area contributed by atoms with Crippen LogP contribution in [-0.2, 0) is 29.8 Å². The van der Waals surface area contributed by atoms with E-state index in [0.717, 1.165) is 11.1 Å². The maximum atomic E-state index is 16.5. The monoisotopic (exact) mass is 733 g/mol. The summed E-state index contributed by atoms with van der Waals surface area (Å²) in [6, 6.07) is 27.2. The number of pyridine rings is 1. The smallest absolute Gasteiger partial charge is 0.410 e. The van der Waals surface area contributed by atoms with Crippen LogP contribution in [0.5, 0.6) is 11.8 Å². The van der Waals surface area contributed by atoms with Gasteiger partial charge in [0.2, 0.25) is 17.7 Å². The largest absolute Gasteiger partial charge is 0.473 e. The predicted molar refractivity (Wildman–Crippen MR) is 205 cm³/mol. The van der Waals surface area contributed by atoms with Gasteiger partial charge in [-0.2, -0.15) is 10.1 Å². The third-order valence-corrected chi connectivity index (χ3v) is 10.3. The number of carbonyl (C=O) groups is 2. The molecule has 2 fully saturated rings. The minimum atomic E-state index is -0.555. The SMILES string of the molecule is Cn1nc(-c2ccc(OCc3ccccc3)nc2OCc2ccccc2)c2ccc(C3CCN(C(=O)C4CCN(C(=O)OC(C)(C)C)CC4)CC3)c(F)c21. The van der Waals surface area contributed by atoms with Crippen LogP contribution in [0.25, 0.3) is 22.2 Å². The molecule has 3 aromatic carbocycles. The summed E-state index contributed by atoms with van der Waals surface area (Å²) in [6.45, 7) is 8.33. The number of likely N-dealkylation sites (tertiary alicyclic amines) is 2. The van der Waals surface area contributed by atoms with Gasteiger partial charge in [-0.1, -0.05) is 72.8 Å². The van der Waals surface area contributed by atoms with E-state index in [-0.39, 0.29) is 29.7 Å². The quantitative estimate of drug-likeness (QED) is 0.150. The lowest BCUT2D eigenvalue weighted by atomic mass is 9.87. The summed E-state index contributed by atoms with van der Waals surface area (Å²) < 4.78 is 36.0.